The molecule has 0 bridgehead atoms. The van der Waals surface area contributed by atoms with E-state index in [-0.39, 0.29) is 22.4 Å². The Labute approximate surface area is 153 Å². The third-order valence-electron chi connectivity index (χ3n) is 4.03. The molecule has 1 radical (unpaired) electrons. The third-order valence-corrected chi connectivity index (χ3v) is 4.03. The van der Waals surface area contributed by atoms with Crippen LogP contribution in [-0.4, -0.2) is 19.2 Å². The van der Waals surface area contributed by atoms with Gasteiger partial charge >= 0.3 is 0 Å². The molecule has 139 valence electrons. The fourth-order valence-electron chi connectivity index (χ4n) is 2.22. The van der Waals surface area contributed by atoms with Gasteiger partial charge in [0.05, 0.1) is 6.54 Å². The molecule has 0 heterocycles. The van der Waals surface area contributed by atoms with Gasteiger partial charge in [-0.05, 0) is 25.2 Å². The van der Waals surface area contributed by atoms with Crippen LogP contribution in [0, 0.1) is 11.8 Å². The molecule has 0 aromatic carbocycles. The molecule has 22 heavy (non-hydrogen) atoms. The van der Waals surface area contributed by atoms with E-state index in [9.17, 15) is 9.90 Å². The molecule has 1 amide bonds. The predicted molar refractivity (Wildman–Crippen MR) is 87.8 cm³/mol. The molecule has 2 atom stereocenters. The average Bonchev–Trinajstić information content (AvgIpc) is 2.49. The zero-order valence-electron chi connectivity index (χ0n) is 15.1. The topological polar surface area (TPSA) is 79.8 Å². The largest absolute Gasteiger partial charge is 0.530 e. The Bertz CT molecular complexity index is 225. The molecule has 0 aliphatic heterocycles. The van der Waals surface area contributed by atoms with E-state index in [4.69, 9.17) is 0 Å². The number of carboxylic acid groups (broad SMARTS) is 1. The van der Waals surface area contributed by atoms with Crippen molar-refractivity contribution in [1.29, 1.82) is 0 Å². The minimum atomic E-state index is -1.16. The molecule has 0 aliphatic rings. The van der Waals surface area contributed by atoms with Crippen molar-refractivity contribution >= 4 is 6.09 Å². The Hall–Kier alpha value is -0.0297. The fourth-order valence-corrected chi connectivity index (χ4v) is 2.22. The molecular formula is C17H38AgN2O2. The minimum Gasteiger partial charge on any atom is -0.530 e. The second-order valence-corrected chi connectivity index (χ2v) is 5.79. The van der Waals surface area contributed by atoms with Crippen LogP contribution in [-0.2, 0) is 22.4 Å². The number of unbranched alkanes of at least 4 members (excludes halogenated alkanes) is 2. The summed E-state index contributed by atoms with van der Waals surface area (Å²) >= 11 is 0. The Kier molecular flexibility index (Phi) is 25.6. The maximum Gasteiger partial charge on any atom is 0.134 e. The third kappa shape index (κ3) is 20.0. The van der Waals surface area contributed by atoms with Crippen LogP contribution in [0.1, 0.15) is 79.1 Å². The standard InChI is InChI=1S/C9H19NO2.C8H19N.Ag/c1-3-5-6-8(4-2)7-10-9(11)12;1-3-5-6-8(4-2)7-9;/h8,10H,3-7H2,1-2H3,(H,11,12);8H,3-7,9H2,1-2H3;. The van der Waals surface area contributed by atoms with Gasteiger partial charge in [0.25, 0.3) is 0 Å². The van der Waals surface area contributed by atoms with Gasteiger partial charge in [-0.15, -0.1) is 0 Å². The summed E-state index contributed by atoms with van der Waals surface area (Å²) in [5.74, 6) is 1.37. The first-order valence-corrected chi connectivity index (χ1v) is 8.79. The molecule has 0 saturated heterocycles. The molecule has 0 spiro atoms. The number of hydrogen-bond donors (Lipinski definition) is 2. The van der Waals surface area contributed by atoms with Crippen LogP contribution in [0.2, 0.25) is 0 Å². The van der Waals surface area contributed by atoms with Gasteiger partial charge in [-0.25, -0.2) is 0 Å². The van der Waals surface area contributed by atoms with E-state index in [0.29, 0.717) is 12.5 Å². The van der Waals surface area contributed by atoms with E-state index < -0.39 is 6.09 Å². The van der Waals surface area contributed by atoms with Crippen LogP contribution in [0.15, 0.2) is 0 Å². The summed E-state index contributed by atoms with van der Waals surface area (Å²) < 4.78 is 0. The van der Waals surface area contributed by atoms with Gasteiger partial charge in [-0.1, -0.05) is 59.8 Å². The monoisotopic (exact) mass is 409 g/mol. The molecule has 2 unspecified atom stereocenters. The summed E-state index contributed by atoms with van der Waals surface area (Å²) in [4.78, 5) is 10.1. The second-order valence-electron chi connectivity index (χ2n) is 5.79. The normalized spacial score (nSPS) is 12.4. The molecule has 0 aromatic heterocycles. The van der Waals surface area contributed by atoms with Crippen molar-refractivity contribution in [1.82, 2.24) is 5.32 Å². The van der Waals surface area contributed by atoms with Crippen LogP contribution in [0.4, 0.5) is 4.79 Å². The quantitative estimate of drug-likeness (QED) is 0.514. The van der Waals surface area contributed by atoms with Gasteiger partial charge < -0.3 is 21.0 Å². The van der Waals surface area contributed by atoms with Crippen molar-refractivity contribution in [3.8, 4) is 0 Å². The summed E-state index contributed by atoms with van der Waals surface area (Å²) in [5, 5.41) is 12.4. The van der Waals surface area contributed by atoms with Crippen LogP contribution in [0.25, 0.3) is 0 Å². The van der Waals surface area contributed by atoms with Gasteiger partial charge in [0.2, 0.25) is 0 Å². The summed E-state index contributed by atoms with van der Waals surface area (Å²) in [5.41, 5.74) is 3.91. The van der Waals surface area contributed by atoms with Crippen molar-refractivity contribution in [2.24, 2.45) is 11.8 Å². The van der Waals surface area contributed by atoms with Crippen LogP contribution in [0.5, 0.6) is 0 Å². The van der Waals surface area contributed by atoms with E-state index in [2.05, 4.69) is 38.7 Å². The summed E-state index contributed by atoms with van der Waals surface area (Å²) in [6.07, 6.45) is 8.72. The molecule has 0 aliphatic carbocycles. The molecule has 0 rings (SSSR count). The molecule has 4 nitrogen and oxygen atoms in total. The van der Waals surface area contributed by atoms with Crippen molar-refractivity contribution in [2.45, 2.75) is 79.1 Å². The average molecular weight is 410 g/mol. The maximum atomic E-state index is 10.1. The number of carbonyl (C=O) groups is 1. The molecular weight excluding hydrogens is 372 g/mol. The summed E-state index contributed by atoms with van der Waals surface area (Å²) in [6, 6.07) is 0. The second kappa shape index (κ2) is 21.0. The Morgan fingerprint density at radius 3 is 1.77 bits per heavy atom. The number of hydrogen-bond acceptors (Lipinski definition) is 2. The van der Waals surface area contributed by atoms with E-state index in [1.165, 1.54) is 38.5 Å². The Balaban J connectivity index is -0.000000326. The van der Waals surface area contributed by atoms with E-state index in [1.807, 2.05) is 0 Å². The van der Waals surface area contributed by atoms with Crippen molar-refractivity contribution in [2.75, 3.05) is 13.1 Å². The van der Waals surface area contributed by atoms with Crippen LogP contribution in [0.3, 0.4) is 0 Å². The molecule has 4 N–H and O–H groups in total. The van der Waals surface area contributed by atoms with E-state index in [1.54, 1.807) is 0 Å². The molecule has 0 saturated carbocycles. The zero-order chi connectivity index (χ0) is 16.5. The van der Waals surface area contributed by atoms with Crippen molar-refractivity contribution in [3.63, 3.8) is 0 Å². The van der Waals surface area contributed by atoms with Crippen molar-refractivity contribution < 1.29 is 38.0 Å². The first-order chi connectivity index (χ1) is 10.0. The van der Waals surface area contributed by atoms with E-state index >= 15 is 0 Å². The van der Waals surface area contributed by atoms with Gasteiger partial charge in [0.1, 0.15) is 6.09 Å². The van der Waals surface area contributed by atoms with Crippen LogP contribution >= 0.6 is 0 Å². The first kappa shape index (κ1) is 26.8. The Morgan fingerprint density at radius 1 is 1.00 bits per heavy atom. The SMILES string of the molecule is CCCCC(CC)CNC(=O)[O-].CCCCC(CC)C[NH3+].[Ag]. The molecule has 0 aromatic rings. The number of rotatable bonds is 11. The molecule has 5 heteroatoms. The number of quaternary nitrogens is 1. The summed E-state index contributed by atoms with van der Waals surface area (Å²) in [6.45, 7) is 10.4. The predicted octanol–water partition coefficient (Wildman–Crippen LogP) is 2.58. The number of nitrogens with one attached hydrogen (secondary N) is 1. The zero-order valence-corrected chi connectivity index (χ0v) is 16.5. The van der Waals surface area contributed by atoms with E-state index in [0.717, 1.165) is 25.3 Å². The fraction of sp³-hybridized carbons (Fsp3) is 0.941. The van der Waals surface area contributed by atoms with Gasteiger partial charge in [0, 0.05) is 34.8 Å². The summed E-state index contributed by atoms with van der Waals surface area (Å²) in [7, 11) is 0. The van der Waals surface area contributed by atoms with Gasteiger partial charge in [-0.3, -0.25) is 0 Å². The Morgan fingerprint density at radius 2 is 1.45 bits per heavy atom. The van der Waals surface area contributed by atoms with Crippen molar-refractivity contribution in [3.05, 3.63) is 0 Å². The smallest absolute Gasteiger partial charge is 0.134 e. The van der Waals surface area contributed by atoms with Crippen LogP contribution < -0.4 is 16.2 Å². The van der Waals surface area contributed by atoms with Gasteiger partial charge in [-0.2, -0.15) is 0 Å². The first-order valence-electron chi connectivity index (χ1n) is 8.79. The number of carbonyl (C=O) groups excluding carboxylic acids is 1. The van der Waals surface area contributed by atoms with Gasteiger partial charge in [0.15, 0.2) is 0 Å². The maximum absolute atomic E-state index is 10.1. The number of amides is 1. The molecule has 0 fully saturated rings. The minimum absolute atomic E-state index is 0.